The highest BCUT2D eigenvalue weighted by Gasteiger charge is 2.33. The predicted molar refractivity (Wildman–Crippen MR) is 106 cm³/mol. The van der Waals surface area contributed by atoms with E-state index in [-0.39, 0.29) is 10.9 Å². The van der Waals surface area contributed by atoms with Crippen LogP contribution in [0.4, 0.5) is 4.39 Å². The Kier molecular flexibility index (Phi) is 4.95. The molecule has 1 saturated heterocycles. The van der Waals surface area contributed by atoms with Crippen molar-refractivity contribution < 1.29 is 14.3 Å². The van der Waals surface area contributed by atoms with Crippen LogP contribution in [0.1, 0.15) is 28.8 Å². The zero-order valence-corrected chi connectivity index (χ0v) is 16.3. The standard InChI is InChI=1S/C21H21ClFN3O2/c1-25-10-7-21(28,8-11-25)13-26-12-17(16-6-9-24-20(22)18(16)26)19(27)14-2-4-15(23)5-3-14/h2-6,9,12,28H,7-8,10-11,13H2,1H3. The summed E-state index contributed by atoms with van der Waals surface area (Å²) in [6.07, 6.45) is 4.56. The Labute approximate surface area is 167 Å². The molecule has 3 heterocycles. The number of aliphatic hydroxyl groups is 1. The van der Waals surface area contributed by atoms with E-state index >= 15 is 0 Å². The molecule has 0 unspecified atom stereocenters. The second kappa shape index (κ2) is 7.28. The summed E-state index contributed by atoms with van der Waals surface area (Å²) in [6, 6.07) is 7.21. The van der Waals surface area contributed by atoms with Crippen LogP contribution in [-0.4, -0.2) is 51.1 Å². The highest BCUT2D eigenvalue weighted by atomic mass is 35.5. The second-order valence-corrected chi connectivity index (χ2v) is 7.89. The van der Waals surface area contributed by atoms with Crippen molar-refractivity contribution in [3.63, 3.8) is 0 Å². The molecule has 0 bridgehead atoms. The quantitative estimate of drug-likeness (QED) is 0.537. The first-order chi connectivity index (χ1) is 13.4. The van der Waals surface area contributed by atoms with Crippen LogP contribution in [0.3, 0.4) is 0 Å². The number of hydrogen-bond acceptors (Lipinski definition) is 4. The Balaban J connectivity index is 1.76. The summed E-state index contributed by atoms with van der Waals surface area (Å²) >= 11 is 6.35. The number of carbonyl (C=O) groups is 1. The van der Waals surface area contributed by atoms with Gasteiger partial charge in [-0.1, -0.05) is 11.6 Å². The Bertz CT molecular complexity index is 1020. The van der Waals surface area contributed by atoms with E-state index < -0.39 is 11.4 Å². The van der Waals surface area contributed by atoms with Crippen molar-refractivity contribution >= 4 is 28.3 Å². The second-order valence-electron chi connectivity index (χ2n) is 7.53. The number of nitrogens with zero attached hydrogens (tertiary/aromatic N) is 3. The number of halogens is 2. The van der Waals surface area contributed by atoms with E-state index in [1.165, 1.54) is 24.3 Å². The van der Waals surface area contributed by atoms with Gasteiger partial charge in [-0.2, -0.15) is 0 Å². The fraction of sp³-hybridized carbons (Fsp3) is 0.333. The predicted octanol–water partition coefficient (Wildman–Crippen LogP) is 3.52. The lowest BCUT2D eigenvalue weighted by atomic mass is 9.91. The van der Waals surface area contributed by atoms with Crippen molar-refractivity contribution in [2.75, 3.05) is 20.1 Å². The Morgan fingerprint density at radius 3 is 2.61 bits per heavy atom. The number of aromatic nitrogens is 2. The average Bonchev–Trinajstić information content (AvgIpc) is 3.04. The van der Waals surface area contributed by atoms with E-state index in [1.54, 1.807) is 18.5 Å². The maximum absolute atomic E-state index is 13.2. The number of hydrogen-bond donors (Lipinski definition) is 1. The van der Waals surface area contributed by atoms with Gasteiger partial charge < -0.3 is 14.6 Å². The molecular formula is C21H21ClFN3O2. The van der Waals surface area contributed by atoms with Gasteiger partial charge in [0.25, 0.3) is 0 Å². The third-order valence-corrected chi connectivity index (χ3v) is 5.75. The monoisotopic (exact) mass is 401 g/mol. The van der Waals surface area contributed by atoms with Crippen molar-refractivity contribution in [3.05, 3.63) is 64.8 Å². The SMILES string of the molecule is CN1CCC(O)(Cn2cc(C(=O)c3ccc(F)cc3)c3ccnc(Cl)c32)CC1. The molecule has 0 spiro atoms. The molecule has 1 aromatic carbocycles. The van der Waals surface area contributed by atoms with Gasteiger partial charge in [0.2, 0.25) is 0 Å². The van der Waals surface area contributed by atoms with Gasteiger partial charge in [0.1, 0.15) is 5.82 Å². The van der Waals surface area contributed by atoms with Crippen molar-refractivity contribution in [1.82, 2.24) is 14.5 Å². The lowest BCUT2D eigenvalue weighted by Crippen LogP contribution is -2.45. The summed E-state index contributed by atoms with van der Waals surface area (Å²) in [5, 5.41) is 12.0. The Morgan fingerprint density at radius 2 is 1.93 bits per heavy atom. The van der Waals surface area contributed by atoms with Crippen LogP contribution in [0.2, 0.25) is 5.15 Å². The van der Waals surface area contributed by atoms with Crippen molar-refractivity contribution in [3.8, 4) is 0 Å². The van der Waals surface area contributed by atoms with Crippen molar-refractivity contribution in [2.45, 2.75) is 25.0 Å². The van der Waals surface area contributed by atoms with Crippen LogP contribution in [-0.2, 0) is 6.54 Å². The summed E-state index contributed by atoms with van der Waals surface area (Å²) in [5.41, 5.74) is 0.615. The fourth-order valence-electron chi connectivity index (χ4n) is 3.78. The summed E-state index contributed by atoms with van der Waals surface area (Å²) in [7, 11) is 2.03. The van der Waals surface area contributed by atoms with Crippen molar-refractivity contribution in [1.29, 1.82) is 0 Å². The molecule has 4 rings (SSSR count). The Morgan fingerprint density at radius 1 is 1.25 bits per heavy atom. The normalized spacial score (nSPS) is 17.1. The third-order valence-electron chi connectivity index (χ3n) is 5.48. The molecular weight excluding hydrogens is 381 g/mol. The highest BCUT2D eigenvalue weighted by molar-refractivity contribution is 6.34. The molecule has 3 aromatic rings. The lowest BCUT2D eigenvalue weighted by molar-refractivity contribution is -0.0282. The van der Waals surface area contributed by atoms with Crippen LogP contribution >= 0.6 is 11.6 Å². The molecule has 0 atom stereocenters. The minimum Gasteiger partial charge on any atom is -0.388 e. The topological polar surface area (TPSA) is 58.4 Å². The van der Waals surface area contributed by atoms with Crippen LogP contribution in [0.25, 0.3) is 10.9 Å². The van der Waals surface area contributed by atoms with Crippen LogP contribution in [0, 0.1) is 5.82 Å². The Hall–Kier alpha value is -2.28. The van der Waals surface area contributed by atoms with Gasteiger partial charge in [0.15, 0.2) is 10.9 Å². The van der Waals surface area contributed by atoms with Crippen molar-refractivity contribution in [2.24, 2.45) is 0 Å². The van der Waals surface area contributed by atoms with Crippen LogP contribution in [0.5, 0.6) is 0 Å². The molecule has 28 heavy (non-hydrogen) atoms. The number of fused-ring (bicyclic) bond motifs is 1. The first kappa shape index (κ1) is 19.1. The summed E-state index contributed by atoms with van der Waals surface area (Å²) in [6.45, 7) is 1.95. The number of rotatable bonds is 4. The minimum absolute atomic E-state index is 0.221. The molecule has 146 valence electrons. The molecule has 0 amide bonds. The van der Waals surface area contributed by atoms with Gasteiger partial charge in [-0.3, -0.25) is 4.79 Å². The van der Waals surface area contributed by atoms with Gasteiger partial charge in [0, 0.05) is 42.0 Å². The van der Waals surface area contributed by atoms with E-state index in [1.807, 2.05) is 11.6 Å². The molecule has 1 aliphatic heterocycles. The molecule has 1 N–H and O–H groups in total. The zero-order chi connectivity index (χ0) is 19.9. The van der Waals surface area contributed by atoms with Gasteiger partial charge in [-0.05, 0) is 50.2 Å². The van der Waals surface area contributed by atoms with Crippen LogP contribution < -0.4 is 0 Å². The highest BCUT2D eigenvalue weighted by Crippen LogP contribution is 2.31. The smallest absolute Gasteiger partial charge is 0.195 e. The lowest BCUT2D eigenvalue weighted by Gasteiger charge is -2.37. The van der Waals surface area contributed by atoms with Gasteiger partial charge >= 0.3 is 0 Å². The summed E-state index contributed by atoms with van der Waals surface area (Å²) in [5.74, 6) is -0.614. The molecule has 5 nitrogen and oxygen atoms in total. The average molecular weight is 402 g/mol. The fourth-order valence-corrected chi connectivity index (χ4v) is 4.05. The van der Waals surface area contributed by atoms with Crippen LogP contribution in [0.15, 0.2) is 42.7 Å². The molecule has 1 fully saturated rings. The first-order valence-electron chi connectivity index (χ1n) is 9.21. The third kappa shape index (κ3) is 3.55. The number of benzene rings is 1. The van der Waals surface area contributed by atoms with E-state index in [4.69, 9.17) is 11.6 Å². The first-order valence-corrected chi connectivity index (χ1v) is 9.59. The van der Waals surface area contributed by atoms with E-state index in [0.717, 1.165) is 13.1 Å². The van der Waals surface area contributed by atoms with E-state index in [0.29, 0.717) is 41.4 Å². The number of pyridine rings is 1. The molecule has 7 heteroatoms. The molecule has 1 aliphatic rings. The maximum Gasteiger partial charge on any atom is 0.195 e. The van der Waals surface area contributed by atoms with E-state index in [9.17, 15) is 14.3 Å². The molecule has 0 radical (unpaired) electrons. The molecule has 0 saturated carbocycles. The zero-order valence-electron chi connectivity index (χ0n) is 15.5. The molecule has 0 aliphatic carbocycles. The summed E-state index contributed by atoms with van der Waals surface area (Å²) < 4.78 is 15.0. The van der Waals surface area contributed by atoms with Gasteiger partial charge in [-0.15, -0.1) is 0 Å². The largest absolute Gasteiger partial charge is 0.388 e. The van der Waals surface area contributed by atoms with Gasteiger partial charge in [0.05, 0.1) is 17.7 Å². The minimum atomic E-state index is -0.867. The maximum atomic E-state index is 13.2. The number of piperidine rings is 1. The summed E-state index contributed by atoms with van der Waals surface area (Å²) in [4.78, 5) is 19.4. The van der Waals surface area contributed by atoms with E-state index in [2.05, 4.69) is 9.88 Å². The number of ketones is 1. The molecule has 2 aromatic heterocycles. The number of carbonyl (C=O) groups excluding carboxylic acids is 1. The number of likely N-dealkylation sites (tertiary alicyclic amines) is 1. The van der Waals surface area contributed by atoms with Gasteiger partial charge in [-0.25, -0.2) is 9.37 Å².